The molecule has 59 heavy (non-hydrogen) atoms. The van der Waals surface area contributed by atoms with E-state index < -0.39 is 13.5 Å². The van der Waals surface area contributed by atoms with E-state index in [0.717, 1.165) is 61.6 Å². The molecule has 5 heterocycles. The van der Waals surface area contributed by atoms with Crippen LogP contribution in [-0.2, 0) is 5.41 Å². The topological polar surface area (TPSA) is 25.6 Å². The lowest BCUT2D eigenvalue weighted by molar-refractivity contribution is 0.434. The summed E-state index contributed by atoms with van der Waals surface area (Å²) in [6, 6.07) is 74.2. The van der Waals surface area contributed by atoms with Crippen molar-refractivity contribution in [1.29, 1.82) is 0 Å². The molecule has 274 valence electrons. The van der Waals surface area contributed by atoms with E-state index in [9.17, 15) is 0 Å². The SMILES string of the molecule is c1ccc2c(c1)Oc1ccccc1C21c2ccccc2N(c2ccc3c(c2)[Si]2(c4ccccc4-c4ccccc42)c2ccccc2-3)c2cc3c(cc21)oc1ccccc13. The zero-order chi connectivity index (χ0) is 38.5. The first-order chi connectivity index (χ1) is 29.3. The highest BCUT2D eigenvalue weighted by molar-refractivity contribution is 7.24. The van der Waals surface area contributed by atoms with Crippen LogP contribution in [-0.4, -0.2) is 8.07 Å². The Hall–Kier alpha value is -7.40. The molecule has 4 aliphatic rings. The average molecular weight is 768 g/mol. The summed E-state index contributed by atoms with van der Waals surface area (Å²) < 4.78 is 13.5. The van der Waals surface area contributed by atoms with Crippen LogP contribution >= 0.6 is 0 Å². The van der Waals surface area contributed by atoms with E-state index in [1.54, 1.807) is 0 Å². The minimum absolute atomic E-state index is 0.687. The number of hydrogen-bond acceptors (Lipinski definition) is 3. The van der Waals surface area contributed by atoms with Gasteiger partial charge in [0.05, 0.1) is 16.8 Å². The van der Waals surface area contributed by atoms with E-state index in [-0.39, 0.29) is 0 Å². The van der Waals surface area contributed by atoms with Crippen molar-refractivity contribution in [3.63, 3.8) is 0 Å². The zero-order valence-electron chi connectivity index (χ0n) is 31.8. The van der Waals surface area contributed by atoms with Crippen molar-refractivity contribution in [2.45, 2.75) is 5.41 Å². The van der Waals surface area contributed by atoms with Gasteiger partial charge in [-0.3, -0.25) is 0 Å². The molecule has 4 heteroatoms. The normalized spacial score (nSPS) is 15.2. The molecule has 0 saturated heterocycles. The van der Waals surface area contributed by atoms with Gasteiger partial charge >= 0.3 is 0 Å². The molecule has 1 aromatic heterocycles. The third-order valence-electron chi connectivity index (χ3n) is 13.7. The lowest BCUT2D eigenvalue weighted by atomic mass is 9.61. The third kappa shape index (κ3) is 3.75. The Morgan fingerprint density at radius 2 is 0.915 bits per heavy atom. The molecule has 0 unspecified atom stereocenters. The first-order valence-electron chi connectivity index (χ1n) is 20.4. The Bertz CT molecular complexity index is 3360. The molecule has 4 aliphatic heterocycles. The van der Waals surface area contributed by atoms with Crippen molar-refractivity contribution in [2.24, 2.45) is 0 Å². The Morgan fingerprint density at radius 3 is 1.59 bits per heavy atom. The minimum Gasteiger partial charge on any atom is -0.457 e. The molecule has 0 amide bonds. The smallest absolute Gasteiger partial charge is 0.182 e. The second kappa shape index (κ2) is 11.2. The number of nitrogens with zero attached hydrogens (tertiary/aromatic N) is 1. The van der Waals surface area contributed by atoms with Gasteiger partial charge in [-0.05, 0) is 103 Å². The summed E-state index contributed by atoms with van der Waals surface area (Å²) in [7, 11) is -2.69. The first-order valence-corrected chi connectivity index (χ1v) is 22.4. The zero-order valence-corrected chi connectivity index (χ0v) is 32.8. The molecule has 0 saturated carbocycles. The van der Waals surface area contributed by atoms with Crippen molar-refractivity contribution < 1.29 is 9.15 Å². The molecular weight excluding hydrogens is 735 g/mol. The number of para-hydroxylation sites is 4. The van der Waals surface area contributed by atoms with Gasteiger partial charge in [0.1, 0.15) is 22.7 Å². The van der Waals surface area contributed by atoms with Crippen LogP contribution in [0.25, 0.3) is 44.2 Å². The summed E-state index contributed by atoms with van der Waals surface area (Å²) in [4.78, 5) is 2.54. The van der Waals surface area contributed by atoms with E-state index in [1.165, 1.54) is 54.1 Å². The van der Waals surface area contributed by atoms with Gasteiger partial charge in [-0.25, -0.2) is 0 Å². The van der Waals surface area contributed by atoms with Crippen molar-refractivity contribution in [2.75, 3.05) is 4.90 Å². The van der Waals surface area contributed by atoms with Crippen molar-refractivity contribution in [1.82, 2.24) is 0 Å². The predicted octanol–water partition coefficient (Wildman–Crippen LogP) is 11.2. The Balaban J connectivity index is 1.12. The van der Waals surface area contributed by atoms with Crippen LogP contribution in [0.1, 0.15) is 22.3 Å². The maximum atomic E-state index is 6.74. The number of benzene rings is 9. The van der Waals surface area contributed by atoms with Crippen LogP contribution in [0.3, 0.4) is 0 Å². The number of anilines is 3. The fraction of sp³-hybridized carbons (Fsp3) is 0.0182. The summed E-state index contributed by atoms with van der Waals surface area (Å²) in [5.41, 5.74) is 14.5. The van der Waals surface area contributed by atoms with Gasteiger partial charge in [-0.1, -0.05) is 152 Å². The highest BCUT2D eigenvalue weighted by Crippen LogP contribution is 2.63. The molecule has 9 aromatic carbocycles. The molecular formula is C55H33NO2Si. The van der Waals surface area contributed by atoms with E-state index >= 15 is 0 Å². The number of hydrogen-bond donors (Lipinski definition) is 0. The molecule has 2 spiro atoms. The van der Waals surface area contributed by atoms with Crippen LogP contribution in [0, 0.1) is 0 Å². The monoisotopic (exact) mass is 767 g/mol. The standard InChI is InChI=1S/C55H33NO2Si/c1-9-23-47-35(15-1)40-32-46-44(33-50(40)57-47)55(42-20-6-10-24-48(42)58-49-25-11-7-21-43(49)55)41-19-5-8-22-45(41)56(46)34-29-30-39-38-18-4-14-28-53(38)59(54(39)31-34)51-26-12-2-16-36(51)37-17-3-13-27-52(37)59/h1-33H. The van der Waals surface area contributed by atoms with Crippen LogP contribution in [0.5, 0.6) is 11.5 Å². The molecule has 0 bridgehead atoms. The quantitative estimate of drug-likeness (QED) is 0.156. The van der Waals surface area contributed by atoms with E-state index in [2.05, 4.69) is 205 Å². The highest BCUT2D eigenvalue weighted by atomic mass is 28.3. The maximum Gasteiger partial charge on any atom is 0.182 e. The lowest BCUT2D eigenvalue weighted by Crippen LogP contribution is -2.70. The Kier molecular flexibility index (Phi) is 5.99. The van der Waals surface area contributed by atoms with Crippen LogP contribution < -0.4 is 30.4 Å². The number of furan rings is 1. The molecule has 0 aliphatic carbocycles. The molecule has 3 nitrogen and oxygen atoms in total. The van der Waals surface area contributed by atoms with Gasteiger partial charge in [-0.15, -0.1) is 0 Å². The lowest BCUT2D eigenvalue weighted by Gasteiger charge is -2.48. The number of ether oxygens (including phenoxy) is 1. The van der Waals surface area contributed by atoms with Crippen molar-refractivity contribution in [3.8, 4) is 33.8 Å². The van der Waals surface area contributed by atoms with E-state index in [0.29, 0.717) is 0 Å². The number of fused-ring (bicyclic) bond motifs is 21. The summed E-state index contributed by atoms with van der Waals surface area (Å²) in [6.45, 7) is 0. The molecule has 0 N–H and O–H groups in total. The third-order valence-corrected chi connectivity index (χ3v) is 18.7. The van der Waals surface area contributed by atoms with Gasteiger partial charge < -0.3 is 14.1 Å². The van der Waals surface area contributed by atoms with Crippen LogP contribution in [0.4, 0.5) is 17.1 Å². The highest BCUT2D eigenvalue weighted by Gasteiger charge is 2.55. The second-order valence-electron chi connectivity index (χ2n) is 16.3. The molecule has 0 fully saturated rings. The fourth-order valence-corrected chi connectivity index (χ4v) is 17.2. The summed E-state index contributed by atoms with van der Waals surface area (Å²) >= 11 is 0. The molecule has 0 radical (unpaired) electrons. The number of rotatable bonds is 1. The fourth-order valence-electron chi connectivity index (χ4n) is 11.6. The van der Waals surface area contributed by atoms with Crippen molar-refractivity contribution >= 4 is 67.8 Å². The predicted molar refractivity (Wildman–Crippen MR) is 242 cm³/mol. The second-order valence-corrected chi connectivity index (χ2v) is 19.9. The summed E-state index contributed by atoms with van der Waals surface area (Å²) in [5, 5.41) is 8.09. The van der Waals surface area contributed by atoms with Crippen LogP contribution in [0.15, 0.2) is 205 Å². The van der Waals surface area contributed by atoms with E-state index in [1.807, 2.05) is 0 Å². The van der Waals surface area contributed by atoms with Gasteiger partial charge in [0.2, 0.25) is 0 Å². The van der Waals surface area contributed by atoms with Gasteiger partial charge in [0, 0.05) is 27.6 Å². The Labute approximate surface area is 342 Å². The van der Waals surface area contributed by atoms with Gasteiger partial charge in [-0.2, -0.15) is 0 Å². The first kappa shape index (κ1) is 31.7. The average Bonchev–Trinajstić information content (AvgIpc) is 3.92. The summed E-state index contributed by atoms with van der Waals surface area (Å²) in [6.07, 6.45) is 0. The van der Waals surface area contributed by atoms with E-state index in [4.69, 9.17) is 9.15 Å². The molecule has 10 aromatic rings. The summed E-state index contributed by atoms with van der Waals surface area (Å²) in [5.74, 6) is 1.74. The maximum absolute atomic E-state index is 6.74. The minimum atomic E-state index is -2.69. The Morgan fingerprint density at radius 1 is 0.373 bits per heavy atom. The van der Waals surface area contributed by atoms with Crippen LogP contribution in [0.2, 0.25) is 0 Å². The molecule has 14 rings (SSSR count). The molecule has 0 atom stereocenters. The van der Waals surface area contributed by atoms with Gasteiger partial charge in [0.15, 0.2) is 8.07 Å². The van der Waals surface area contributed by atoms with Crippen molar-refractivity contribution in [3.05, 3.63) is 222 Å². The van der Waals surface area contributed by atoms with Gasteiger partial charge in [0.25, 0.3) is 0 Å². The largest absolute Gasteiger partial charge is 0.457 e.